The van der Waals surface area contributed by atoms with Gasteiger partial charge in [0.05, 0.1) is 19.0 Å². The SMILES string of the molecule is O=C(CSc1nnc(Cc2cccs2)n1C1CC1)NCC1(N2CCOCC2)CCCCC1. The van der Waals surface area contributed by atoms with Gasteiger partial charge in [0.15, 0.2) is 5.16 Å². The smallest absolute Gasteiger partial charge is 0.230 e. The van der Waals surface area contributed by atoms with Crippen LogP contribution >= 0.6 is 23.1 Å². The molecule has 2 aromatic heterocycles. The van der Waals surface area contributed by atoms with Crippen LogP contribution in [0.5, 0.6) is 0 Å². The Hall–Kier alpha value is -1.42. The van der Waals surface area contributed by atoms with Gasteiger partial charge in [0.25, 0.3) is 0 Å². The number of aromatic nitrogens is 3. The van der Waals surface area contributed by atoms with Crippen LogP contribution in [0.15, 0.2) is 22.7 Å². The lowest BCUT2D eigenvalue weighted by Gasteiger charge is -2.48. The van der Waals surface area contributed by atoms with Crippen molar-refractivity contribution in [2.75, 3.05) is 38.6 Å². The molecule has 5 rings (SSSR count). The van der Waals surface area contributed by atoms with Crippen molar-refractivity contribution in [3.8, 4) is 0 Å². The highest BCUT2D eigenvalue weighted by molar-refractivity contribution is 7.99. The Labute approximate surface area is 198 Å². The molecule has 1 saturated heterocycles. The van der Waals surface area contributed by atoms with Crippen LogP contribution in [0.1, 0.15) is 61.7 Å². The molecule has 1 aliphatic heterocycles. The molecule has 2 aliphatic carbocycles. The molecule has 3 heterocycles. The predicted molar refractivity (Wildman–Crippen MR) is 127 cm³/mol. The predicted octanol–water partition coefficient (Wildman–Crippen LogP) is 3.51. The quantitative estimate of drug-likeness (QED) is 0.560. The van der Waals surface area contributed by atoms with E-state index >= 15 is 0 Å². The van der Waals surface area contributed by atoms with Gasteiger partial charge >= 0.3 is 0 Å². The van der Waals surface area contributed by atoms with Gasteiger partial charge in [-0.1, -0.05) is 37.1 Å². The van der Waals surface area contributed by atoms with Crippen LogP contribution in [-0.4, -0.2) is 69.7 Å². The van der Waals surface area contributed by atoms with E-state index in [0.29, 0.717) is 11.8 Å². The molecule has 0 bridgehead atoms. The van der Waals surface area contributed by atoms with Crippen molar-refractivity contribution in [1.82, 2.24) is 25.0 Å². The number of amides is 1. The number of nitrogens with zero attached hydrogens (tertiary/aromatic N) is 4. The molecule has 3 aliphatic rings. The summed E-state index contributed by atoms with van der Waals surface area (Å²) in [7, 11) is 0. The first-order chi connectivity index (χ1) is 15.7. The fourth-order valence-corrected chi connectivity index (χ4v) is 6.65. The molecule has 174 valence electrons. The lowest BCUT2D eigenvalue weighted by atomic mass is 9.79. The highest BCUT2D eigenvalue weighted by Gasteiger charge is 2.39. The third-order valence-electron chi connectivity index (χ3n) is 6.97. The molecule has 9 heteroatoms. The molecule has 2 saturated carbocycles. The van der Waals surface area contributed by atoms with Crippen LogP contribution in [-0.2, 0) is 16.0 Å². The van der Waals surface area contributed by atoms with Gasteiger partial charge < -0.3 is 14.6 Å². The number of hydrogen-bond acceptors (Lipinski definition) is 7. The van der Waals surface area contributed by atoms with E-state index in [-0.39, 0.29) is 11.4 Å². The lowest BCUT2D eigenvalue weighted by molar-refractivity contribution is -0.119. The minimum absolute atomic E-state index is 0.0957. The van der Waals surface area contributed by atoms with E-state index in [0.717, 1.165) is 50.2 Å². The van der Waals surface area contributed by atoms with Crippen molar-refractivity contribution >= 4 is 29.0 Å². The zero-order valence-electron chi connectivity index (χ0n) is 18.6. The molecule has 0 aromatic carbocycles. The number of thiophene rings is 1. The van der Waals surface area contributed by atoms with Crippen LogP contribution in [0.3, 0.4) is 0 Å². The molecule has 1 N–H and O–H groups in total. The molecule has 0 unspecified atom stereocenters. The molecule has 0 spiro atoms. The van der Waals surface area contributed by atoms with Crippen molar-refractivity contribution in [3.05, 3.63) is 28.2 Å². The zero-order chi connectivity index (χ0) is 21.8. The molecule has 1 amide bonds. The molecule has 0 atom stereocenters. The van der Waals surface area contributed by atoms with Crippen molar-refractivity contribution < 1.29 is 9.53 Å². The number of morpholine rings is 1. The summed E-state index contributed by atoms with van der Waals surface area (Å²) in [5.74, 6) is 1.51. The fraction of sp³-hybridized carbons (Fsp3) is 0.696. The Balaban J connectivity index is 1.18. The summed E-state index contributed by atoms with van der Waals surface area (Å²) in [6.07, 6.45) is 9.31. The number of carbonyl (C=O) groups is 1. The highest BCUT2D eigenvalue weighted by Crippen LogP contribution is 2.39. The summed E-state index contributed by atoms with van der Waals surface area (Å²) in [6.45, 7) is 4.29. The third-order valence-corrected chi connectivity index (χ3v) is 8.79. The van der Waals surface area contributed by atoms with E-state index in [1.54, 1.807) is 11.3 Å². The molecular weight excluding hydrogens is 442 g/mol. The number of nitrogens with one attached hydrogen (secondary N) is 1. The maximum atomic E-state index is 12.8. The van der Waals surface area contributed by atoms with Gasteiger partial charge in [0.2, 0.25) is 5.91 Å². The van der Waals surface area contributed by atoms with Crippen molar-refractivity contribution in [1.29, 1.82) is 0 Å². The molecule has 3 fully saturated rings. The van der Waals surface area contributed by atoms with E-state index in [1.165, 1.54) is 61.6 Å². The summed E-state index contributed by atoms with van der Waals surface area (Å²) in [5, 5.41) is 15.2. The van der Waals surface area contributed by atoms with E-state index in [4.69, 9.17) is 4.74 Å². The third kappa shape index (κ3) is 5.21. The summed E-state index contributed by atoms with van der Waals surface area (Å²) in [6, 6.07) is 4.72. The average molecular weight is 476 g/mol. The van der Waals surface area contributed by atoms with Gasteiger partial charge in [-0.3, -0.25) is 9.69 Å². The number of thioether (sulfide) groups is 1. The summed E-state index contributed by atoms with van der Waals surface area (Å²) >= 11 is 3.28. The maximum Gasteiger partial charge on any atom is 0.230 e. The Morgan fingerprint density at radius 3 is 2.75 bits per heavy atom. The second-order valence-corrected chi connectivity index (χ2v) is 11.2. The largest absolute Gasteiger partial charge is 0.379 e. The van der Waals surface area contributed by atoms with E-state index in [9.17, 15) is 4.79 Å². The van der Waals surface area contributed by atoms with Gasteiger partial charge in [-0.25, -0.2) is 0 Å². The second kappa shape index (κ2) is 10.2. The Bertz CT molecular complexity index is 884. The van der Waals surface area contributed by atoms with E-state index < -0.39 is 0 Å². The van der Waals surface area contributed by atoms with Crippen molar-refractivity contribution in [3.63, 3.8) is 0 Å². The first-order valence-electron chi connectivity index (χ1n) is 11.9. The molecule has 7 nitrogen and oxygen atoms in total. The van der Waals surface area contributed by atoms with E-state index in [1.807, 2.05) is 0 Å². The summed E-state index contributed by atoms with van der Waals surface area (Å²) in [4.78, 5) is 16.7. The Morgan fingerprint density at radius 1 is 1.22 bits per heavy atom. The molecule has 32 heavy (non-hydrogen) atoms. The van der Waals surface area contributed by atoms with Crippen molar-refractivity contribution in [2.45, 2.75) is 68.1 Å². The molecule has 2 aromatic rings. The number of rotatable bonds is 9. The fourth-order valence-electron chi connectivity index (χ4n) is 5.09. The van der Waals surface area contributed by atoms with Gasteiger partial charge in [-0.2, -0.15) is 0 Å². The van der Waals surface area contributed by atoms with Gasteiger partial charge in [-0.05, 0) is 37.1 Å². The van der Waals surface area contributed by atoms with Gasteiger partial charge in [0, 0.05) is 42.5 Å². The average Bonchev–Trinajstić information content (AvgIpc) is 3.39. The van der Waals surface area contributed by atoms with Gasteiger partial charge in [0.1, 0.15) is 5.82 Å². The second-order valence-electron chi connectivity index (χ2n) is 9.21. The summed E-state index contributed by atoms with van der Waals surface area (Å²) < 4.78 is 7.84. The minimum Gasteiger partial charge on any atom is -0.379 e. The van der Waals surface area contributed by atoms with Gasteiger partial charge in [-0.15, -0.1) is 21.5 Å². The monoisotopic (exact) mass is 475 g/mol. The number of hydrogen-bond donors (Lipinski definition) is 1. The first kappa shape index (κ1) is 22.4. The standard InChI is InChI=1S/C23H33N5O2S2/c29-21(24-17-23(8-2-1-3-9-23)27-10-12-30-13-11-27)16-32-22-26-25-20(28(22)18-6-7-18)15-19-5-4-14-31-19/h4-5,14,18H,1-3,6-13,15-17H2,(H,24,29). The van der Waals surface area contributed by atoms with Crippen LogP contribution in [0.25, 0.3) is 0 Å². The first-order valence-corrected chi connectivity index (χ1v) is 13.8. The van der Waals surface area contributed by atoms with E-state index in [2.05, 4.69) is 42.5 Å². The highest BCUT2D eigenvalue weighted by atomic mass is 32.2. The topological polar surface area (TPSA) is 72.3 Å². The van der Waals surface area contributed by atoms with Crippen molar-refractivity contribution in [2.24, 2.45) is 0 Å². The molecule has 0 radical (unpaired) electrons. The Kier molecular flexibility index (Phi) is 7.16. The molecular formula is C23H33N5O2S2. The summed E-state index contributed by atoms with van der Waals surface area (Å²) in [5.41, 5.74) is 0.101. The minimum atomic E-state index is 0.0957. The van der Waals surface area contributed by atoms with Crippen LogP contribution in [0.4, 0.5) is 0 Å². The maximum absolute atomic E-state index is 12.8. The Morgan fingerprint density at radius 2 is 2.03 bits per heavy atom. The van der Waals surface area contributed by atoms with Crippen LogP contribution in [0, 0.1) is 0 Å². The van der Waals surface area contributed by atoms with Crippen LogP contribution < -0.4 is 5.32 Å². The van der Waals surface area contributed by atoms with Crippen LogP contribution in [0.2, 0.25) is 0 Å². The number of ether oxygens (including phenoxy) is 1. The normalized spacial score (nSPS) is 21.5. The number of carbonyl (C=O) groups excluding carboxylic acids is 1. The lowest BCUT2D eigenvalue weighted by Crippen LogP contribution is -2.59. The zero-order valence-corrected chi connectivity index (χ0v) is 20.3.